The smallest absolute Gasteiger partial charge is 0.273 e. The van der Waals surface area contributed by atoms with E-state index in [0.717, 1.165) is 0 Å². The Morgan fingerprint density at radius 2 is 1.90 bits per heavy atom. The summed E-state index contributed by atoms with van der Waals surface area (Å²) in [5, 5.41) is 2.75. The first-order valence-corrected chi connectivity index (χ1v) is 10.1. The van der Waals surface area contributed by atoms with Crippen LogP contribution in [0.3, 0.4) is 0 Å². The normalized spacial score (nSPS) is 10.7. The standard InChI is InChI=1S/C20H26BrN3O5/c1-27-11-5-9-22-19(25)17-14-29-18(23-17)13-24(10-6-12-28-2)20(26)15-7-3-4-8-16(15)21/h3-4,7-8,14H,5-6,9-13H2,1-2H3,(H,22,25). The van der Waals surface area contributed by atoms with Gasteiger partial charge in [-0.1, -0.05) is 12.1 Å². The van der Waals surface area contributed by atoms with Crippen molar-refractivity contribution in [3.05, 3.63) is 52.1 Å². The molecule has 0 saturated carbocycles. The Morgan fingerprint density at radius 1 is 1.17 bits per heavy atom. The average molecular weight is 468 g/mol. The van der Waals surface area contributed by atoms with Crippen LogP contribution in [0.25, 0.3) is 0 Å². The molecule has 1 aromatic carbocycles. The number of rotatable bonds is 12. The van der Waals surface area contributed by atoms with E-state index in [-0.39, 0.29) is 24.1 Å². The molecule has 0 radical (unpaired) electrons. The first-order chi connectivity index (χ1) is 14.1. The van der Waals surface area contributed by atoms with Crippen molar-refractivity contribution in [2.45, 2.75) is 19.4 Å². The Morgan fingerprint density at radius 3 is 2.62 bits per heavy atom. The van der Waals surface area contributed by atoms with Gasteiger partial charge < -0.3 is 24.1 Å². The maximum Gasteiger partial charge on any atom is 0.273 e. The van der Waals surface area contributed by atoms with Gasteiger partial charge in [0.1, 0.15) is 6.26 Å². The Bertz CT molecular complexity index is 796. The second-order valence-electron chi connectivity index (χ2n) is 6.28. The Balaban J connectivity index is 2.05. The van der Waals surface area contributed by atoms with Gasteiger partial charge in [-0.15, -0.1) is 0 Å². The topological polar surface area (TPSA) is 93.9 Å². The molecule has 8 nitrogen and oxygen atoms in total. The third-order valence-corrected chi connectivity index (χ3v) is 4.78. The maximum atomic E-state index is 13.0. The summed E-state index contributed by atoms with van der Waals surface area (Å²) in [5.74, 6) is -0.179. The number of methoxy groups -OCH3 is 2. The van der Waals surface area contributed by atoms with E-state index >= 15 is 0 Å². The molecule has 0 spiro atoms. The van der Waals surface area contributed by atoms with E-state index in [0.29, 0.717) is 55.1 Å². The van der Waals surface area contributed by atoms with E-state index in [1.165, 1.54) is 6.26 Å². The van der Waals surface area contributed by atoms with E-state index < -0.39 is 0 Å². The zero-order valence-electron chi connectivity index (χ0n) is 16.7. The van der Waals surface area contributed by atoms with Gasteiger partial charge >= 0.3 is 0 Å². The molecule has 0 saturated heterocycles. The molecule has 29 heavy (non-hydrogen) atoms. The Kier molecular flexibility index (Phi) is 9.82. The molecule has 0 atom stereocenters. The number of hydrogen-bond donors (Lipinski definition) is 1. The number of ether oxygens (including phenoxy) is 2. The zero-order valence-corrected chi connectivity index (χ0v) is 18.2. The summed E-state index contributed by atoms with van der Waals surface area (Å²) < 4.78 is 16.2. The van der Waals surface area contributed by atoms with E-state index in [9.17, 15) is 9.59 Å². The minimum atomic E-state index is -0.320. The van der Waals surface area contributed by atoms with Crippen molar-refractivity contribution >= 4 is 27.7 Å². The highest BCUT2D eigenvalue weighted by Crippen LogP contribution is 2.19. The van der Waals surface area contributed by atoms with Crippen molar-refractivity contribution < 1.29 is 23.5 Å². The van der Waals surface area contributed by atoms with Crippen LogP contribution in [0.15, 0.2) is 39.4 Å². The molecule has 0 aliphatic heterocycles. The number of amides is 2. The number of carbonyl (C=O) groups is 2. The lowest BCUT2D eigenvalue weighted by molar-refractivity contribution is 0.0707. The number of carbonyl (C=O) groups excluding carboxylic acids is 2. The summed E-state index contributed by atoms with van der Waals surface area (Å²) in [6, 6.07) is 7.23. The minimum absolute atomic E-state index is 0.154. The number of hydrogen-bond acceptors (Lipinski definition) is 6. The van der Waals surface area contributed by atoms with Gasteiger partial charge in [-0.2, -0.15) is 0 Å². The van der Waals surface area contributed by atoms with Crippen LogP contribution in [0.5, 0.6) is 0 Å². The predicted octanol–water partition coefficient (Wildman–Crippen LogP) is 2.88. The second kappa shape index (κ2) is 12.4. The molecule has 1 aromatic heterocycles. The van der Waals surface area contributed by atoms with Crippen LogP contribution in [0.2, 0.25) is 0 Å². The van der Waals surface area contributed by atoms with Gasteiger partial charge in [-0.3, -0.25) is 9.59 Å². The molecular weight excluding hydrogens is 442 g/mol. The van der Waals surface area contributed by atoms with E-state index in [4.69, 9.17) is 13.9 Å². The van der Waals surface area contributed by atoms with Crippen LogP contribution in [-0.2, 0) is 16.0 Å². The SMILES string of the molecule is COCCCNC(=O)c1coc(CN(CCCOC)C(=O)c2ccccc2Br)n1. The van der Waals surface area contributed by atoms with Crippen LogP contribution >= 0.6 is 15.9 Å². The molecule has 0 aliphatic carbocycles. The second-order valence-corrected chi connectivity index (χ2v) is 7.14. The first-order valence-electron chi connectivity index (χ1n) is 9.31. The average Bonchev–Trinajstić information content (AvgIpc) is 3.19. The van der Waals surface area contributed by atoms with Gasteiger partial charge in [-0.05, 0) is 40.9 Å². The third kappa shape index (κ3) is 7.26. The summed E-state index contributed by atoms with van der Waals surface area (Å²) in [6.45, 7) is 2.20. The summed E-state index contributed by atoms with van der Waals surface area (Å²) in [6.07, 6.45) is 2.68. The van der Waals surface area contributed by atoms with Crippen molar-refractivity contribution in [2.24, 2.45) is 0 Å². The van der Waals surface area contributed by atoms with Gasteiger partial charge in [0.25, 0.3) is 11.8 Å². The number of nitrogens with one attached hydrogen (secondary N) is 1. The highest BCUT2D eigenvalue weighted by molar-refractivity contribution is 9.10. The van der Waals surface area contributed by atoms with Gasteiger partial charge in [-0.25, -0.2) is 4.98 Å². The third-order valence-electron chi connectivity index (χ3n) is 4.09. The molecule has 0 aliphatic rings. The van der Waals surface area contributed by atoms with Gasteiger partial charge in [0.05, 0.1) is 12.1 Å². The molecule has 2 aromatic rings. The number of oxazole rings is 1. The largest absolute Gasteiger partial charge is 0.446 e. The fourth-order valence-electron chi connectivity index (χ4n) is 2.62. The summed E-state index contributed by atoms with van der Waals surface area (Å²) >= 11 is 3.42. The van der Waals surface area contributed by atoms with E-state index in [1.807, 2.05) is 18.2 Å². The molecule has 0 unspecified atom stereocenters. The lowest BCUT2D eigenvalue weighted by Crippen LogP contribution is -2.32. The maximum absolute atomic E-state index is 13.0. The summed E-state index contributed by atoms with van der Waals surface area (Å²) in [4.78, 5) is 31.0. The van der Waals surface area contributed by atoms with Gasteiger partial charge in [0, 0.05) is 45.0 Å². The zero-order chi connectivity index (χ0) is 21.1. The summed E-state index contributed by atoms with van der Waals surface area (Å²) in [5.41, 5.74) is 0.732. The van der Waals surface area contributed by atoms with E-state index in [1.54, 1.807) is 25.2 Å². The Hall–Kier alpha value is -2.23. The molecule has 0 fully saturated rings. The van der Waals surface area contributed by atoms with Crippen LogP contribution in [0.4, 0.5) is 0 Å². The molecule has 158 valence electrons. The lowest BCUT2D eigenvalue weighted by Gasteiger charge is -2.21. The van der Waals surface area contributed by atoms with Crippen LogP contribution in [-0.4, -0.2) is 62.2 Å². The van der Waals surface area contributed by atoms with Gasteiger partial charge in [0.2, 0.25) is 5.89 Å². The molecule has 9 heteroatoms. The Labute approximate surface area is 178 Å². The van der Waals surface area contributed by atoms with Crippen molar-refractivity contribution in [3.8, 4) is 0 Å². The molecule has 1 heterocycles. The number of nitrogens with zero attached hydrogens (tertiary/aromatic N) is 2. The molecule has 2 amide bonds. The monoisotopic (exact) mass is 467 g/mol. The van der Waals surface area contributed by atoms with Crippen molar-refractivity contribution in [2.75, 3.05) is 40.5 Å². The highest BCUT2D eigenvalue weighted by atomic mass is 79.9. The van der Waals surface area contributed by atoms with Crippen LogP contribution in [0.1, 0.15) is 39.6 Å². The van der Waals surface area contributed by atoms with E-state index in [2.05, 4.69) is 26.2 Å². The van der Waals surface area contributed by atoms with Crippen molar-refractivity contribution in [1.82, 2.24) is 15.2 Å². The van der Waals surface area contributed by atoms with Crippen molar-refractivity contribution in [3.63, 3.8) is 0 Å². The quantitative estimate of drug-likeness (QED) is 0.482. The summed E-state index contributed by atoms with van der Waals surface area (Å²) in [7, 11) is 3.23. The van der Waals surface area contributed by atoms with Gasteiger partial charge in [0.15, 0.2) is 5.69 Å². The van der Waals surface area contributed by atoms with Crippen molar-refractivity contribution in [1.29, 1.82) is 0 Å². The predicted molar refractivity (Wildman–Crippen MR) is 111 cm³/mol. The fraction of sp³-hybridized carbons (Fsp3) is 0.450. The number of benzene rings is 1. The molecule has 1 N–H and O–H groups in total. The van der Waals surface area contributed by atoms with Crippen LogP contribution < -0.4 is 5.32 Å². The highest BCUT2D eigenvalue weighted by Gasteiger charge is 2.21. The molecule has 2 rings (SSSR count). The number of halogens is 1. The first kappa shape index (κ1) is 23.1. The number of aromatic nitrogens is 1. The minimum Gasteiger partial charge on any atom is -0.446 e. The van der Waals surface area contributed by atoms with Crippen LogP contribution in [0, 0.1) is 0 Å². The lowest BCUT2D eigenvalue weighted by atomic mass is 10.2. The molecular formula is C20H26BrN3O5. The fourth-order valence-corrected chi connectivity index (χ4v) is 3.07. The molecule has 0 bridgehead atoms.